The molecule has 2 heterocycles. The van der Waals surface area contributed by atoms with Crippen LogP contribution in [0.25, 0.3) is 5.69 Å². The summed E-state index contributed by atoms with van der Waals surface area (Å²) in [7, 11) is 0. The van der Waals surface area contributed by atoms with E-state index >= 15 is 0 Å². The second-order valence-corrected chi connectivity index (χ2v) is 2.87. The predicted molar refractivity (Wildman–Crippen MR) is 46.9 cm³/mol. The highest BCUT2D eigenvalue weighted by Crippen LogP contribution is 2.12. The van der Waals surface area contributed by atoms with Crippen LogP contribution in [0.1, 0.15) is 0 Å². The highest BCUT2D eigenvalue weighted by Gasteiger charge is 1.99. The van der Waals surface area contributed by atoms with Crippen LogP contribution in [-0.4, -0.2) is 19.5 Å². The quantitative estimate of drug-likeness (QED) is 0.737. The topological polar surface area (TPSA) is 43.6 Å². The van der Waals surface area contributed by atoms with Crippen molar-refractivity contribution in [2.24, 2.45) is 0 Å². The van der Waals surface area contributed by atoms with Crippen LogP contribution < -0.4 is 0 Å². The van der Waals surface area contributed by atoms with Crippen molar-refractivity contribution in [2.45, 2.75) is 0 Å². The first-order chi connectivity index (χ1) is 5.88. The number of imidazole rings is 1. The predicted octanol–water partition coefficient (Wildman–Crippen LogP) is 1.42. The first-order valence-electron chi connectivity index (χ1n) is 3.32. The molecular formula is C7H5BrN4. The third kappa shape index (κ3) is 1.23. The van der Waals surface area contributed by atoms with Crippen LogP contribution in [-0.2, 0) is 0 Å². The zero-order valence-corrected chi connectivity index (χ0v) is 7.64. The van der Waals surface area contributed by atoms with Gasteiger partial charge >= 0.3 is 0 Å². The Kier molecular flexibility index (Phi) is 1.87. The van der Waals surface area contributed by atoms with Crippen molar-refractivity contribution in [1.82, 2.24) is 19.5 Å². The fourth-order valence-corrected chi connectivity index (χ4v) is 1.33. The third-order valence-corrected chi connectivity index (χ3v) is 2.01. The minimum absolute atomic E-state index is 0.748. The Balaban J connectivity index is 2.51. The molecule has 0 radical (unpaired) electrons. The molecule has 2 aromatic rings. The van der Waals surface area contributed by atoms with Crippen molar-refractivity contribution in [2.75, 3.05) is 0 Å². The van der Waals surface area contributed by atoms with E-state index in [1.807, 2.05) is 10.8 Å². The van der Waals surface area contributed by atoms with Gasteiger partial charge in [0.05, 0.1) is 18.1 Å². The van der Waals surface area contributed by atoms with Crippen molar-refractivity contribution in [3.05, 3.63) is 35.8 Å². The average molecular weight is 225 g/mol. The van der Waals surface area contributed by atoms with E-state index in [1.165, 1.54) is 6.33 Å². The molecular weight excluding hydrogens is 220 g/mol. The molecule has 0 amide bonds. The van der Waals surface area contributed by atoms with Crippen molar-refractivity contribution in [1.29, 1.82) is 0 Å². The maximum atomic E-state index is 4.02. The van der Waals surface area contributed by atoms with Crippen LogP contribution >= 0.6 is 15.9 Å². The van der Waals surface area contributed by atoms with Crippen LogP contribution in [0.3, 0.4) is 0 Å². The largest absolute Gasteiger partial charge is 0.291 e. The van der Waals surface area contributed by atoms with Crippen molar-refractivity contribution >= 4 is 15.9 Å². The number of nitrogens with zero attached hydrogens (tertiary/aromatic N) is 4. The maximum absolute atomic E-state index is 4.02. The second kappa shape index (κ2) is 3.02. The van der Waals surface area contributed by atoms with Crippen LogP contribution in [0, 0.1) is 0 Å². The molecule has 60 valence electrons. The van der Waals surface area contributed by atoms with Gasteiger partial charge in [-0.15, -0.1) is 0 Å². The lowest BCUT2D eigenvalue weighted by Gasteiger charge is -2.00. The summed E-state index contributed by atoms with van der Waals surface area (Å²) in [4.78, 5) is 11.8. The number of hydrogen-bond donors (Lipinski definition) is 0. The number of halogens is 1. The Morgan fingerprint density at radius 2 is 2.00 bits per heavy atom. The fraction of sp³-hybridized carbons (Fsp3) is 0. The molecule has 0 N–H and O–H groups in total. The highest BCUT2D eigenvalue weighted by atomic mass is 79.9. The van der Waals surface area contributed by atoms with Gasteiger partial charge in [-0.3, -0.25) is 4.57 Å². The van der Waals surface area contributed by atoms with Gasteiger partial charge in [-0.2, -0.15) is 0 Å². The van der Waals surface area contributed by atoms with Crippen LogP contribution in [0.2, 0.25) is 0 Å². The van der Waals surface area contributed by atoms with Crippen LogP contribution in [0.15, 0.2) is 35.8 Å². The molecule has 2 rings (SSSR count). The van der Waals surface area contributed by atoms with Crippen molar-refractivity contribution in [3.8, 4) is 5.69 Å². The molecule has 12 heavy (non-hydrogen) atoms. The molecule has 0 saturated carbocycles. The van der Waals surface area contributed by atoms with E-state index in [-0.39, 0.29) is 0 Å². The molecule has 0 aliphatic carbocycles. The summed E-state index contributed by atoms with van der Waals surface area (Å²) < 4.78 is 2.59. The zero-order chi connectivity index (χ0) is 8.39. The molecule has 0 saturated heterocycles. The van der Waals surface area contributed by atoms with Crippen LogP contribution in [0.4, 0.5) is 0 Å². The minimum atomic E-state index is 0.748. The monoisotopic (exact) mass is 224 g/mol. The number of hydrogen-bond acceptors (Lipinski definition) is 3. The first kappa shape index (κ1) is 7.42. The molecule has 0 aromatic carbocycles. The lowest BCUT2D eigenvalue weighted by molar-refractivity contribution is 0.977. The standard InChI is InChI=1S/C7H5BrN4/c8-7-11-1-2-12(7)6-3-9-5-10-4-6/h1-5H. The van der Waals surface area contributed by atoms with Gasteiger partial charge in [0.1, 0.15) is 6.33 Å². The summed E-state index contributed by atoms with van der Waals surface area (Å²) in [6.45, 7) is 0. The molecule has 2 aromatic heterocycles. The van der Waals surface area contributed by atoms with Gasteiger partial charge in [-0.25, -0.2) is 15.0 Å². The maximum Gasteiger partial charge on any atom is 0.181 e. The second-order valence-electron chi connectivity index (χ2n) is 2.16. The van der Waals surface area contributed by atoms with E-state index in [2.05, 4.69) is 30.9 Å². The summed E-state index contributed by atoms with van der Waals surface area (Å²) in [6.07, 6.45) is 8.48. The van der Waals surface area contributed by atoms with Gasteiger partial charge in [0.15, 0.2) is 4.73 Å². The molecule has 0 aliphatic heterocycles. The van der Waals surface area contributed by atoms with Gasteiger partial charge in [-0.05, 0) is 15.9 Å². The summed E-state index contributed by atoms with van der Waals surface area (Å²) in [5.41, 5.74) is 0.891. The molecule has 0 fully saturated rings. The number of rotatable bonds is 1. The molecule has 0 aliphatic rings. The summed E-state index contributed by atoms with van der Waals surface area (Å²) in [5.74, 6) is 0. The Morgan fingerprint density at radius 3 is 2.58 bits per heavy atom. The lowest BCUT2D eigenvalue weighted by atomic mass is 10.5. The summed E-state index contributed by atoms with van der Waals surface area (Å²) in [5, 5.41) is 0. The van der Waals surface area contributed by atoms with E-state index in [0.717, 1.165) is 10.4 Å². The van der Waals surface area contributed by atoms with E-state index in [9.17, 15) is 0 Å². The van der Waals surface area contributed by atoms with E-state index in [0.29, 0.717) is 0 Å². The molecule has 0 unspecified atom stereocenters. The van der Waals surface area contributed by atoms with Gasteiger partial charge in [0.25, 0.3) is 0 Å². The molecule has 0 spiro atoms. The summed E-state index contributed by atoms with van der Waals surface area (Å²) in [6, 6.07) is 0. The Hall–Kier alpha value is -1.23. The van der Waals surface area contributed by atoms with Crippen LogP contribution in [0.5, 0.6) is 0 Å². The van der Waals surface area contributed by atoms with E-state index < -0.39 is 0 Å². The highest BCUT2D eigenvalue weighted by molar-refractivity contribution is 9.10. The van der Waals surface area contributed by atoms with E-state index in [4.69, 9.17) is 0 Å². The minimum Gasteiger partial charge on any atom is -0.291 e. The Labute approximate surface area is 77.4 Å². The van der Waals surface area contributed by atoms with Crippen molar-refractivity contribution in [3.63, 3.8) is 0 Å². The van der Waals surface area contributed by atoms with Crippen molar-refractivity contribution < 1.29 is 0 Å². The third-order valence-electron chi connectivity index (χ3n) is 1.42. The van der Waals surface area contributed by atoms with Gasteiger partial charge < -0.3 is 0 Å². The molecule has 4 nitrogen and oxygen atoms in total. The fourth-order valence-electron chi connectivity index (χ4n) is 0.893. The van der Waals surface area contributed by atoms with Gasteiger partial charge in [-0.1, -0.05) is 0 Å². The zero-order valence-electron chi connectivity index (χ0n) is 6.05. The Bertz CT molecular complexity index is 370. The first-order valence-corrected chi connectivity index (χ1v) is 4.11. The molecule has 0 bridgehead atoms. The smallest absolute Gasteiger partial charge is 0.181 e. The lowest BCUT2D eigenvalue weighted by Crippen LogP contribution is -1.93. The summed E-state index contributed by atoms with van der Waals surface area (Å²) >= 11 is 3.30. The molecule has 0 atom stereocenters. The number of aromatic nitrogens is 4. The van der Waals surface area contributed by atoms with Gasteiger partial charge in [0.2, 0.25) is 0 Å². The van der Waals surface area contributed by atoms with Gasteiger partial charge in [0, 0.05) is 12.4 Å². The normalized spacial score (nSPS) is 10.1. The van der Waals surface area contributed by atoms with E-state index in [1.54, 1.807) is 18.6 Å². The molecule has 5 heteroatoms. The Morgan fingerprint density at radius 1 is 1.25 bits per heavy atom. The SMILES string of the molecule is Brc1nccn1-c1cncnc1. The average Bonchev–Trinajstić information content (AvgIpc) is 2.53.